The SMILES string of the molecule is CSCC(C)CNc1nc(N)c(Cl)cc1Cl. The predicted octanol–water partition coefficient (Wildman–Crippen LogP) is 3.38. The lowest BCUT2D eigenvalue weighted by Gasteiger charge is -2.13. The van der Waals surface area contributed by atoms with Crippen molar-refractivity contribution in [2.75, 3.05) is 29.6 Å². The molecule has 90 valence electrons. The molecular formula is C10H15Cl2N3S. The number of pyridine rings is 1. The third-order valence-electron chi connectivity index (χ3n) is 2.03. The lowest BCUT2D eigenvalue weighted by atomic mass is 10.2. The second kappa shape index (κ2) is 6.42. The van der Waals surface area contributed by atoms with E-state index in [1.807, 2.05) is 11.8 Å². The van der Waals surface area contributed by atoms with Crippen molar-refractivity contribution in [3.05, 3.63) is 16.1 Å². The summed E-state index contributed by atoms with van der Waals surface area (Å²) < 4.78 is 0. The van der Waals surface area contributed by atoms with E-state index in [0.717, 1.165) is 12.3 Å². The van der Waals surface area contributed by atoms with Gasteiger partial charge in [0.25, 0.3) is 0 Å². The fourth-order valence-corrected chi connectivity index (χ4v) is 2.33. The largest absolute Gasteiger partial charge is 0.382 e. The van der Waals surface area contributed by atoms with Crippen molar-refractivity contribution >= 4 is 46.6 Å². The average molecular weight is 280 g/mol. The maximum atomic E-state index is 5.99. The van der Waals surface area contributed by atoms with E-state index in [4.69, 9.17) is 28.9 Å². The van der Waals surface area contributed by atoms with E-state index in [0.29, 0.717) is 27.6 Å². The Labute approximate surface area is 110 Å². The lowest BCUT2D eigenvalue weighted by Crippen LogP contribution is -2.14. The first-order valence-electron chi connectivity index (χ1n) is 4.89. The van der Waals surface area contributed by atoms with Gasteiger partial charge in [-0.25, -0.2) is 4.98 Å². The van der Waals surface area contributed by atoms with Gasteiger partial charge < -0.3 is 11.1 Å². The van der Waals surface area contributed by atoms with Crippen molar-refractivity contribution in [1.82, 2.24) is 4.98 Å². The molecule has 1 atom stereocenters. The molecule has 0 amide bonds. The van der Waals surface area contributed by atoms with Crippen molar-refractivity contribution < 1.29 is 0 Å². The van der Waals surface area contributed by atoms with Crippen molar-refractivity contribution in [3.63, 3.8) is 0 Å². The molecule has 0 aliphatic heterocycles. The summed E-state index contributed by atoms with van der Waals surface area (Å²) in [6.45, 7) is 2.98. The molecule has 0 aliphatic carbocycles. The second-order valence-corrected chi connectivity index (χ2v) is 5.35. The van der Waals surface area contributed by atoms with Crippen LogP contribution in [0.4, 0.5) is 11.6 Å². The lowest BCUT2D eigenvalue weighted by molar-refractivity contribution is 0.700. The van der Waals surface area contributed by atoms with Crippen LogP contribution < -0.4 is 11.1 Å². The monoisotopic (exact) mass is 279 g/mol. The number of nitrogens with two attached hydrogens (primary N) is 1. The molecule has 0 saturated carbocycles. The standard InChI is InChI=1S/C10H15Cl2N3S/c1-6(5-16-2)4-14-10-8(12)3-7(11)9(13)15-10/h3,6H,4-5H2,1-2H3,(H3,13,14,15). The van der Waals surface area contributed by atoms with Gasteiger partial charge in [-0.3, -0.25) is 0 Å². The maximum Gasteiger partial charge on any atom is 0.147 e. The molecule has 1 unspecified atom stereocenters. The molecule has 1 heterocycles. The van der Waals surface area contributed by atoms with Crippen molar-refractivity contribution in [2.24, 2.45) is 5.92 Å². The molecule has 3 N–H and O–H groups in total. The van der Waals surface area contributed by atoms with Crippen molar-refractivity contribution in [2.45, 2.75) is 6.92 Å². The van der Waals surface area contributed by atoms with Gasteiger partial charge in [0.05, 0.1) is 10.0 Å². The Kier molecular flexibility index (Phi) is 5.52. The van der Waals surface area contributed by atoms with Crippen LogP contribution in [0.5, 0.6) is 0 Å². The second-order valence-electron chi connectivity index (χ2n) is 3.63. The minimum atomic E-state index is 0.297. The van der Waals surface area contributed by atoms with Gasteiger partial charge in [-0.05, 0) is 24.0 Å². The Morgan fingerprint density at radius 3 is 2.81 bits per heavy atom. The van der Waals surface area contributed by atoms with Crippen LogP contribution in [0.15, 0.2) is 6.07 Å². The summed E-state index contributed by atoms with van der Waals surface area (Å²) in [7, 11) is 0. The zero-order chi connectivity index (χ0) is 12.1. The zero-order valence-electron chi connectivity index (χ0n) is 9.26. The fraction of sp³-hybridized carbons (Fsp3) is 0.500. The Morgan fingerprint density at radius 1 is 1.50 bits per heavy atom. The number of hydrogen-bond donors (Lipinski definition) is 2. The van der Waals surface area contributed by atoms with Crippen molar-refractivity contribution in [3.8, 4) is 0 Å². The summed E-state index contributed by atoms with van der Waals surface area (Å²) in [5.74, 6) is 2.53. The summed E-state index contributed by atoms with van der Waals surface area (Å²) in [5, 5.41) is 4.05. The minimum Gasteiger partial charge on any atom is -0.382 e. The molecule has 1 aromatic heterocycles. The predicted molar refractivity (Wildman–Crippen MR) is 74.7 cm³/mol. The summed E-state index contributed by atoms with van der Waals surface area (Å²) in [4.78, 5) is 4.10. The molecule has 1 rings (SSSR count). The summed E-state index contributed by atoms with van der Waals surface area (Å²) in [5.41, 5.74) is 5.61. The van der Waals surface area contributed by atoms with Crippen LogP contribution in [0.2, 0.25) is 10.0 Å². The maximum absolute atomic E-state index is 5.99. The Balaban J connectivity index is 2.63. The fourth-order valence-electron chi connectivity index (χ4n) is 1.22. The average Bonchev–Trinajstić information content (AvgIpc) is 2.22. The zero-order valence-corrected chi connectivity index (χ0v) is 11.6. The molecule has 0 aromatic carbocycles. The molecule has 0 bridgehead atoms. The number of hydrogen-bond acceptors (Lipinski definition) is 4. The summed E-state index contributed by atoms with van der Waals surface area (Å²) in [6, 6.07) is 1.60. The highest BCUT2D eigenvalue weighted by molar-refractivity contribution is 7.98. The smallest absolute Gasteiger partial charge is 0.147 e. The van der Waals surface area contributed by atoms with Crippen LogP contribution >= 0.6 is 35.0 Å². The Bertz CT molecular complexity index is 360. The third-order valence-corrected chi connectivity index (χ3v) is 3.52. The topological polar surface area (TPSA) is 50.9 Å². The van der Waals surface area contributed by atoms with Crippen molar-refractivity contribution in [1.29, 1.82) is 0 Å². The van der Waals surface area contributed by atoms with Crippen LogP contribution in [0, 0.1) is 5.92 Å². The van der Waals surface area contributed by atoms with Gasteiger partial charge in [-0.2, -0.15) is 11.8 Å². The van der Waals surface area contributed by atoms with Gasteiger partial charge in [-0.1, -0.05) is 30.1 Å². The quantitative estimate of drug-likeness (QED) is 0.868. The molecule has 0 radical (unpaired) electrons. The summed E-state index contributed by atoms with van der Waals surface area (Å²) >= 11 is 13.6. The van der Waals surface area contributed by atoms with Gasteiger partial charge in [-0.15, -0.1) is 0 Å². The van der Waals surface area contributed by atoms with E-state index >= 15 is 0 Å². The molecule has 16 heavy (non-hydrogen) atoms. The number of nitrogen functional groups attached to an aromatic ring is 1. The highest BCUT2D eigenvalue weighted by atomic mass is 35.5. The van der Waals surface area contributed by atoms with E-state index in [2.05, 4.69) is 23.5 Å². The van der Waals surface area contributed by atoms with Gasteiger partial charge in [0, 0.05) is 6.54 Å². The number of nitrogens with zero attached hydrogens (tertiary/aromatic N) is 1. The highest BCUT2D eigenvalue weighted by Gasteiger charge is 2.08. The van der Waals surface area contributed by atoms with Crippen LogP contribution in [0.3, 0.4) is 0 Å². The van der Waals surface area contributed by atoms with Gasteiger partial charge in [0.15, 0.2) is 0 Å². The van der Waals surface area contributed by atoms with Gasteiger partial charge in [0.2, 0.25) is 0 Å². The molecule has 0 saturated heterocycles. The number of anilines is 2. The minimum absolute atomic E-state index is 0.297. The summed E-state index contributed by atoms with van der Waals surface area (Å²) in [6.07, 6.45) is 2.09. The molecule has 0 spiro atoms. The van der Waals surface area contributed by atoms with E-state index in [1.54, 1.807) is 6.07 Å². The third kappa shape index (κ3) is 3.92. The highest BCUT2D eigenvalue weighted by Crippen LogP contribution is 2.27. The van der Waals surface area contributed by atoms with E-state index in [-0.39, 0.29) is 0 Å². The molecular weight excluding hydrogens is 265 g/mol. The molecule has 0 aliphatic rings. The molecule has 6 heteroatoms. The van der Waals surface area contributed by atoms with Crippen LogP contribution in [0.25, 0.3) is 0 Å². The molecule has 3 nitrogen and oxygen atoms in total. The van der Waals surface area contributed by atoms with Gasteiger partial charge >= 0.3 is 0 Å². The van der Waals surface area contributed by atoms with E-state index < -0.39 is 0 Å². The molecule has 1 aromatic rings. The number of thioether (sulfide) groups is 1. The Morgan fingerprint density at radius 2 is 2.19 bits per heavy atom. The van der Waals surface area contributed by atoms with E-state index in [9.17, 15) is 0 Å². The van der Waals surface area contributed by atoms with Crippen LogP contribution in [-0.2, 0) is 0 Å². The first kappa shape index (κ1) is 13.7. The van der Waals surface area contributed by atoms with E-state index in [1.165, 1.54) is 0 Å². The number of aromatic nitrogens is 1. The number of nitrogens with one attached hydrogen (secondary N) is 1. The van der Waals surface area contributed by atoms with Crippen LogP contribution in [-0.4, -0.2) is 23.5 Å². The van der Waals surface area contributed by atoms with Crippen LogP contribution in [0.1, 0.15) is 6.92 Å². The van der Waals surface area contributed by atoms with Gasteiger partial charge in [0.1, 0.15) is 11.6 Å². The number of rotatable bonds is 5. The Hall–Kier alpha value is -0.320. The molecule has 0 fully saturated rings. The number of halogens is 2. The first-order valence-corrected chi connectivity index (χ1v) is 7.04. The normalized spacial score (nSPS) is 12.5. The first-order chi connectivity index (χ1) is 7.54.